The molecule has 8 nitrogen and oxygen atoms in total. The van der Waals surface area contributed by atoms with Crippen molar-refractivity contribution in [1.82, 2.24) is 9.62 Å². The Bertz CT molecular complexity index is 796. The number of rotatable bonds is 6. The molecule has 2 rings (SSSR count). The lowest BCUT2D eigenvalue weighted by Gasteiger charge is -2.34. The van der Waals surface area contributed by atoms with E-state index in [0.717, 1.165) is 0 Å². The van der Waals surface area contributed by atoms with Crippen molar-refractivity contribution in [2.24, 2.45) is 5.92 Å². The van der Waals surface area contributed by atoms with Crippen LogP contribution in [0.4, 0.5) is 0 Å². The topological polar surface area (TPSA) is 102 Å². The molecule has 0 saturated carbocycles. The quantitative estimate of drug-likeness (QED) is 0.709. The smallest absolute Gasteiger partial charge is 0.328 e. The van der Waals surface area contributed by atoms with Crippen LogP contribution in [0.5, 0.6) is 0 Å². The molecule has 0 bridgehead atoms. The first-order valence-corrected chi connectivity index (χ1v) is 10.6. The highest BCUT2D eigenvalue weighted by Gasteiger charge is 2.32. The van der Waals surface area contributed by atoms with Gasteiger partial charge in [0.25, 0.3) is 5.91 Å². The number of nitrogens with one attached hydrogen (secondary N) is 1. The number of sulfonamides is 1. The van der Waals surface area contributed by atoms with Gasteiger partial charge in [-0.25, -0.2) is 13.2 Å². The van der Waals surface area contributed by atoms with Crippen LogP contribution in [-0.2, 0) is 24.3 Å². The minimum absolute atomic E-state index is 0.110. The van der Waals surface area contributed by atoms with Crippen molar-refractivity contribution < 1.29 is 27.5 Å². The Morgan fingerprint density at radius 1 is 1.14 bits per heavy atom. The number of ether oxygens (including phenoxy) is 2. The van der Waals surface area contributed by atoms with Crippen molar-refractivity contribution in [2.45, 2.75) is 50.8 Å². The molecule has 0 unspecified atom stereocenters. The molecule has 1 aromatic rings. The van der Waals surface area contributed by atoms with Crippen LogP contribution < -0.4 is 5.32 Å². The van der Waals surface area contributed by atoms with Crippen LogP contribution in [0, 0.1) is 5.92 Å². The molecule has 0 aliphatic carbocycles. The molecule has 1 aliphatic heterocycles. The Kier molecular flexibility index (Phi) is 7.19. The van der Waals surface area contributed by atoms with Crippen molar-refractivity contribution in [1.29, 1.82) is 0 Å². The molecule has 0 spiro atoms. The summed E-state index contributed by atoms with van der Waals surface area (Å²) in [5, 5.41) is 2.63. The van der Waals surface area contributed by atoms with Gasteiger partial charge in [0.2, 0.25) is 10.0 Å². The lowest BCUT2D eigenvalue weighted by atomic mass is 10.0. The summed E-state index contributed by atoms with van der Waals surface area (Å²) in [6.45, 7) is 7.81. The number of carbonyl (C=O) groups excluding carboxylic acids is 2. The van der Waals surface area contributed by atoms with Gasteiger partial charge in [0, 0.05) is 18.7 Å². The maximum atomic E-state index is 12.9. The number of hydrogen-bond acceptors (Lipinski definition) is 6. The fourth-order valence-corrected chi connectivity index (χ4v) is 4.69. The van der Waals surface area contributed by atoms with E-state index in [1.807, 2.05) is 13.8 Å². The van der Waals surface area contributed by atoms with Gasteiger partial charge in [0.05, 0.1) is 24.2 Å². The monoisotopic (exact) mass is 412 g/mol. The van der Waals surface area contributed by atoms with E-state index in [1.165, 1.54) is 35.7 Å². The highest BCUT2D eigenvalue weighted by Crippen LogP contribution is 2.21. The van der Waals surface area contributed by atoms with E-state index in [4.69, 9.17) is 9.47 Å². The predicted molar refractivity (Wildman–Crippen MR) is 103 cm³/mol. The molecule has 1 saturated heterocycles. The molecule has 0 radical (unpaired) electrons. The molecule has 1 aliphatic rings. The molecule has 1 N–H and O–H groups in total. The van der Waals surface area contributed by atoms with Gasteiger partial charge in [-0.2, -0.15) is 4.31 Å². The summed E-state index contributed by atoms with van der Waals surface area (Å²) in [6.07, 6.45) is -0.371. The largest absolute Gasteiger partial charge is 0.467 e. The van der Waals surface area contributed by atoms with Crippen molar-refractivity contribution in [3.63, 3.8) is 0 Å². The Balaban J connectivity index is 2.16. The first-order chi connectivity index (χ1) is 13.1. The molecule has 1 aromatic carbocycles. The zero-order valence-electron chi connectivity index (χ0n) is 16.8. The summed E-state index contributed by atoms with van der Waals surface area (Å²) in [7, 11) is -2.42. The SMILES string of the molecule is COC(=O)[C@H](NC(=O)c1ccc(S(=O)(=O)N2C[C@@H](C)O[C@@H](C)C2)cc1)C(C)C. The van der Waals surface area contributed by atoms with E-state index in [2.05, 4.69) is 5.32 Å². The molecule has 0 aromatic heterocycles. The molecule has 156 valence electrons. The highest BCUT2D eigenvalue weighted by atomic mass is 32.2. The van der Waals surface area contributed by atoms with Crippen LogP contribution >= 0.6 is 0 Å². The van der Waals surface area contributed by atoms with Gasteiger partial charge in [0.1, 0.15) is 6.04 Å². The standard InChI is InChI=1S/C19H28N2O6S/c1-12(2)17(19(23)26-5)20-18(22)15-6-8-16(9-7-15)28(24,25)21-10-13(3)27-14(4)11-21/h6-9,12-14,17H,10-11H2,1-5H3,(H,20,22)/t13-,14+,17-/m1/s1. The molecule has 1 heterocycles. The van der Waals surface area contributed by atoms with Gasteiger partial charge < -0.3 is 14.8 Å². The third-order valence-electron chi connectivity index (χ3n) is 4.55. The van der Waals surface area contributed by atoms with Crippen LogP contribution in [0.3, 0.4) is 0 Å². The van der Waals surface area contributed by atoms with E-state index in [1.54, 1.807) is 13.8 Å². The molecular formula is C19H28N2O6S. The average Bonchev–Trinajstić information content (AvgIpc) is 2.64. The van der Waals surface area contributed by atoms with Crippen molar-refractivity contribution in [2.75, 3.05) is 20.2 Å². The second kappa shape index (κ2) is 9.02. The van der Waals surface area contributed by atoms with Gasteiger partial charge in [0.15, 0.2) is 0 Å². The Morgan fingerprint density at radius 3 is 2.14 bits per heavy atom. The van der Waals surface area contributed by atoms with E-state index in [0.29, 0.717) is 0 Å². The second-order valence-corrected chi connectivity index (χ2v) is 9.26. The van der Waals surface area contributed by atoms with Crippen molar-refractivity contribution in [3.8, 4) is 0 Å². The molecule has 1 fully saturated rings. The fourth-order valence-electron chi connectivity index (χ4n) is 3.10. The Labute approximate surface area is 166 Å². The number of carbonyl (C=O) groups is 2. The summed E-state index contributed by atoms with van der Waals surface area (Å²) in [5.74, 6) is -1.15. The third kappa shape index (κ3) is 5.09. The third-order valence-corrected chi connectivity index (χ3v) is 6.39. The van der Waals surface area contributed by atoms with Crippen LogP contribution in [-0.4, -0.2) is 63.0 Å². The zero-order valence-corrected chi connectivity index (χ0v) is 17.7. The summed E-state index contributed by atoms with van der Waals surface area (Å²) < 4.78 is 37.4. The summed E-state index contributed by atoms with van der Waals surface area (Å²) >= 11 is 0. The lowest BCUT2D eigenvalue weighted by Crippen LogP contribution is -2.48. The number of esters is 1. The summed E-state index contributed by atoms with van der Waals surface area (Å²) in [6, 6.07) is 4.89. The van der Waals surface area contributed by atoms with Crippen LogP contribution in [0.15, 0.2) is 29.2 Å². The number of hydrogen-bond donors (Lipinski definition) is 1. The predicted octanol–water partition coefficient (Wildman–Crippen LogP) is 1.41. The number of methoxy groups -OCH3 is 1. The molecule has 1 amide bonds. The van der Waals surface area contributed by atoms with E-state index < -0.39 is 27.9 Å². The van der Waals surface area contributed by atoms with Crippen molar-refractivity contribution in [3.05, 3.63) is 29.8 Å². The molecule has 28 heavy (non-hydrogen) atoms. The summed E-state index contributed by atoms with van der Waals surface area (Å²) in [4.78, 5) is 24.3. The number of morpholine rings is 1. The van der Waals surface area contributed by atoms with E-state index in [-0.39, 0.29) is 41.7 Å². The van der Waals surface area contributed by atoms with Crippen LogP contribution in [0.25, 0.3) is 0 Å². The van der Waals surface area contributed by atoms with Crippen LogP contribution in [0.2, 0.25) is 0 Å². The average molecular weight is 413 g/mol. The Hall–Kier alpha value is -1.97. The number of nitrogens with zero attached hydrogens (tertiary/aromatic N) is 1. The molecule has 3 atom stereocenters. The maximum Gasteiger partial charge on any atom is 0.328 e. The van der Waals surface area contributed by atoms with Gasteiger partial charge >= 0.3 is 5.97 Å². The highest BCUT2D eigenvalue weighted by molar-refractivity contribution is 7.89. The van der Waals surface area contributed by atoms with Gasteiger partial charge in [-0.1, -0.05) is 13.8 Å². The van der Waals surface area contributed by atoms with Crippen LogP contribution in [0.1, 0.15) is 38.1 Å². The van der Waals surface area contributed by atoms with Gasteiger partial charge in [-0.15, -0.1) is 0 Å². The number of amides is 1. The normalized spacial score (nSPS) is 21.9. The van der Waals surface area contributed by atoms with Gasteiger partial charge in [-0.3, -0.25) is 4.79 Å². The first kappa shape index (κ1) is 22.3. The minimum atomic E-state index is -3.68. The van der Waals surface area contributed by atoms with E-state index >= 15 is 0 Å². The minimum Gasteiger partial charge on any atom is -0.467 e. The summed E-state index contributed by atoms with van der Waals surface area (Å²) in [5.41, 5.74) is 0.261. The van der Waals surface area contributed by atoms with E-state index in [9.17, 15) is 18.0 Å². The van der Waals surface area contributed by atoms with Crippen molar-refractivity contribution >= 4 is 21.9 Å². The first-order valence-electron chi connectivity index (χ1n) is 9.20. The molecule has 9 heteroatoms. The number of benzene rings is 1. The zero-order chi connectivity index (χ0) is 21.1. The van der Waals surface area contributed by atoms with Gasteiger partial charge in [-0.05, 0) is 44.0 Å². The fraction of sp³-hybridized carbons (Fsp3) is 0.579. The molecular weight excluding hydrogens is 384 g/mol. The maximum absolute atomic E-state index is 12.9. The second-order valence-electron chi connectivity index (χ2n) is 7.32. The lowest BCUT2D eigenvalue weighted by molar-refractivity contribution is -0.144. The Morgan fingerprint density at radius 2 is 1.68 bits per heavy atom.